The number of hydrogen-bond donors (Lipinski definition) is 1. The number of halogens is 1. The molecule has 0 aromatic heterocycles. The second-order valence-electron chi connectivity index (χ2n) is 5.03. The molecule has 18 heavy (non-hydrogen) atoms. The average Bonchev–Trinajstić information content (AvgIpc) is 2.88. The lowest BCUT2D eigenvalue weighted by Crippen LogP contribution is -2.20. The van der Waals surface area contributed by atoms with E-state index in [4.69, 9.17) is 4.74 Å². The Balaban J connectivity index is 2.00. The molecule has 0 spiro atoms. The molecule has 1 aliphatic rings. The number of rotatable bonds is 5. The summed E-state index contributed by atoms with van der Waals surface area (Å²) in [5, 5.41) is 3.45. The van der Waals surface area contributed by atoms with Crippen molar-refractivity contribution in [1.82, 2.24) is 5.32 Å². The second-order valence-corrected chi connectivity index (χ2v) is 6.11. The Morgan fingerprint density at radius 2 is 2.33 bits per heavy atom. The minimum atomic E-state index is 0.445. The minimum Gasteiger partial charge on any atom is -0.378 e. The average molecular weight is 359 g/mol. The molecule has 100 valence electrons. The van der Waals surface area contributed by atoms with Gasteiger partial charge in [-0.15, -0.1) is 0 Å². The van der Waals surface area contributed by atoms with Crippen LogP contribution in [-0.2, 0) is 4.74 Å². The van der Waals surface area contributed by atoms with Gasteiger partial charge in [-0.05, 0) is 73.4 Å². The normalized spacial score (nSPS) is 21.2. The van der Waals surface area contributed by atoms with Gasteiger partial charge in [-0.1, -0.05) is 18.2 Å². The SMILES string of the molecule is CNC(CCC1CCCO1)c1cccc(C)c1I. The third-order valence-electron chi connectivity index (χ3n) is 3.75. The summed E-state index contributed by atoms with van der Waals surface area (Å²) in [4.78, 5) is 0. The summed E-state index contributed by atoms with van der Waals surface area (Å²) in [6.45, 7) is 3.13. The molecule has 1 saturated heterocycles. The standard InChI is InChI=1S/C15H22INO/c1-11-5-3-7-13(15(11)16)14(17-2)9-8-12-6-4-10-18-12/h3,5,7,12,14,17H,4,6,8-10H2,1-2H3. The van der Waals surface area contributed by atoms with Crippen LogP contribution in [0.4, 0.5) is 0 Å². The van der Waals surface area contributed by atoms with Crippen LogP contribution in [-0.4, -0.2) is 19.8 Å². The highest BCUT2D eigenvalue weighted by molar-refractivity contribution is 14.1. The maximum atomic E-state index is 5.71. The van der Waals surface area contributed by atoms with Crippen LogP contribution in [0.2, 0.25) is 0 Å². The molecule has 1 aliphatic heterocycles. The zero-order valence-electron chi connectivity index (χ0n) is 11.2. The summed E-state index contributed by atoms with van der Waals surface area (Å²) in [5.41, 5.74) is 2.79. The largest absolute Gasteiger partial charge is 0.378 e. The Labute approximate surface area is 124 Å². The molecule has 1 aromatic rings. The quantitative estimate of drug-likeness (QED) is 0.807. The summed E-state index contributed by atoms with van der Waals surface area (Å²) >= 11 is 2.46. The van der Waals surface area contributed by atoms with Crippen LogP contribution in [0.15, 0.2) is 18.2 Å². The number of hydrogen-bond acceptors (Lipinski definition) is 2. The molecule has 0 radical (unpaired) electrons. The summed E-state index contributed by atoms with van der Waals surface area (Å²) in [6.07, 6.45) is 5.28. The highest BCUT2D eigenvalue weighted by atomic mass is 127. The Kier molecular flexibility index (Phi) is 5.45. The lowest BCUT2D eigenvalue weighted by Gasteiger charge is -2.20. The molecule has 1 heterocycles. The molecule has 2 rings (SSSR count). The van der Waals surface area contributed by atoms with E-state index in [1.165, 1.54) is 27.5 Å². The topological polar surface area (TPSA) is 21.3 Å². The van der Waals surface area contributed by atoms with Gasteiger partial charge in [0, 0.05) is 16.2 Å². The molecular formula is C15H22INO. The molecule has 2 unspecified atom stereocenters. The van der Waals surface area contributed by atoms with Gasteiger partial charge in [0.05, 0.1) is 6.10 Å². The Morgan fingerprint density at radius 1 is 1.50 bits per heavy atom. The van der Waals surface area contributed by atoms with Gasteiger partial charge in [0.1, 0.15) is 0 Å². The lowest BCUT2D eigenvalue weighted by molar-refractivity contribution is 0.0998. The monoisotopic (exact) mass is 359 g/mol. The Morgan fingerprint density at radius 3 is 3.00 bits per heavy atom. The van der Waals surface area contributed by atoms with Gasteiger partial charge in [-0.2, -0.15) is 0 Å². The number of benzene rings is 1. The zero-order chi connectivity index (χ0) is 13.0. The van der Waals surface area contributed by atoms with Crippen LogP contribution in [0.5, 0.6) is 0 Å². The molecule has 1 N–H and O–H groups in total. The molecule has 2 nitrogen and oxygen atoms in total. The predicted molar refractivity (Wildman–Crippen MR) is 83.9 cm³/mol. The van der Waals surface area contributed by atoms with Crippen LogP contribution in [0.25, 0.3) is 0 Å². The number of ether oxygens (including phenoxy) is 1. The van der Waals surface area contributed by atoms with Crippen molar-refractivity contribution < 1.29 is 4.74 Å². The first-order valence-corrected chi connectivity index (χ1v) is 7.84. The molecule has 1 aromatic carbocycles. The van der Waals surface area contributed by atoms with Crippen molar-refractivity contribution in [3.63, 3.8) is 0 Å². The van der Waals surface area contributed by atoms with E-state index in [1.807, 2.05) is 0 Å². The van der Waals surface area contributed by atoms with Gasteiger partial charge in [0.15, 0.2) is 0 Å². The van der Waals surface area contributed by atoms with E-state index in [0.29, 0.717) is 12.1 Å². The fourth-order valence-electron chi connectivity index (χ4n) is 2.62. The van der Waals surface area contributed by atoms with Crippen molar-refractivity contribution in [2.45, 2.75) is 44.8 Å². The van der Waals surface area contributed by atoms with E-state index >= 15 is 0 Å². The van der Waals surface area contributed by atoms with Crippen molar-refractivity contribution in [2.75, 3.05) is 13.7 Å². The molecule has 0 saturated carbocycles. The third kappa shape index (κ3) is 3.45. The molecule has 0 amide bonds. The zero-order valence-corrected chi connectivity index (χ0v) is 13.4. The second kappa shape index (κ2) is 6.87. The first kappa shape index (κ1) is 14.3. The fourth-order valence-corrected chi connectivity index (χ4v) is 3.35. The summed E-state index contributed by atoms with van der Waals surface area (Å²) in [5.74, 6) is 0. The molecule has 3 heteroatoms. The van der Waals surface area contributed by atoms with Gasteiger partial charge in [-0.3, -0.25) is 0 Å². The summed E-state index contributed by atoms with van der Waals surface area (Å²) in [7, 11) is 2.05. The molecule has 0 bridgehead atoms. The van der Waals surface area contributed by atoms with E-state index in [-0.39, 0.29) is 0 Å². The lowest BCUT2D eigenvalue weighted by atomic mass is 9.98. The van der Waals surface area contributed by atoms with Gasteiger partial charge >= 0.3 is 0 Å². The molecule has 0 aliphatic carbocycles. The van der Waals surface area contributed by atoms with Crippen molar-refractivity contribution in [2.24, 2.45) is 0 Å². The van der Waals surface area contributed by atoms with Gasteiger partial charge in [0.25, 0.3) is 0 Å². The Hall–Kier alpha value is -0.130. The maximum Gasteiger partial charge on any atom is 0.0576 e. The van der Waals surface area contributed by atoms with Crippen LogP contribution in [0, 0.1) is 10.5 Å². The maximum absolute atomic E-state index is 5.71. The van der Waals surface area contributed by atoms with E-state index in [9.17, 15) is 0 Å². The van der Waals surface area contributed by atoms with E-state index in [2.05, 4.69) is 60.1 Å². The highest BCUT2D eigenvalue weighted by Gasteiger charge is 2.19. The number of nitrogens with one attached hydrogen (secondary N) is 1. The van der Waals surface area contributed by atoms with Crippen LogP contribution in [0.3, 0.4) is 0 Å². The fraction of sp³-hybridized carbons (Fsp3) is 0.600. The molecule has 2 atom stereocenters. The summed E-state index contributed by atoms with van der Waals surface area (Å²) < 4.78 is 7.10. The van der Waals surface area contributed by atoms with Crippen LogP contribution in [0.1, 0.15) is 42.9 Å². The minimum absolute atomic E-state index is 0.445. The highest BCUT2D eigenvalue weighted by Crippen LogP contribution is 2.28. The smallest absolute Gasteiger partial charge is 0.0576 e. The van der Waals surface area contributed by atoms with E-state index < -0.39 is 0 Å². The van der Waals surface area contributed by atoms with Crippen molar-refractivity contribution in [3.8, 4) is 0 Å². The molecule has 1 fully saturated rings. The first-order valence-electron chi connectivity index (χ1n) is 6.76. The first-order chi connectivity index (χ1) is 8.72. The van der Waals surface area contributed by atoms with Gasteiger partial charge in [0.2, 0.25) is 0 Å². The van der Waals surface area contributed by atoms with Gasteiger partial charge < -0.3 is 10.1 Å². The summed E-state index contributed by atoms with van der Waals surface area (Å²) in [6, 6.07) is 7.02. The van der Waals surface area contributed by atoms with Crippen molar-refractivity contribution in [1.29, 1.82) is 0 Å². The van der Waals surface area contributed by atoms with Crippen molar-refractivity contribution in [3.05, 3.63) is 32.9 Å². The Bertz CT molecular complexity index is 388. The number of aryl methyl sites for hydroxylation is 1. The van der Waals surface area contributed by atoms with Gasteiger partial charge in [-0.25, -0.2) is 0 Å². The van der Waals surface area contributed by atoms with Crippen LogP contribution >= 0.6 is 22.6 Å². The molecular weight excluding hydrogens is 337 g/mol. The van der Waals surface area contributed by atoms with Crippen molar-refractivity contribution >= 4 is 22.6 Å². The van der Waals surface area contributed by atoms with Crippen LogP contribution < -0.4 is 5.32 Å². The van der Waals surface area contributed by atoms with E-state index in [0.717, 1.165) is 19.4 Å². The predicted octanol–water partition coefficient (Wildman–Crippen LogP) is 3.82. The van der Waals surface area contributed by atoms with E-state index in [1.54, 1.807) is 0 Å². The third-order valence-corrected chi connectivity index (χ3v) is 5.22.